The van der Waals surface area contributed by atoms with Gasteiger partial charge in [0, 0.05) is 13.1 Å². The Bertz CT molecular complexity index is 147. The van der Waals surface area contributed by atoms with Gasteiger partial charge in [-0.1, -0.05) is 0 Å². The van der Waals surface area contributed by atoms with Crippen molar-refractivity contribution in [3.8, 4) is 0 Å². The highest BCUT2D eigenvalue weighted by molar-refractivity contribution is 4.64. The molecule has 0 bridgehead atoms. The van der Waals surface area contributed by atoms with E-state index >= 15 is 0 Å². The summed E-state index contributed by atoms with van der Waals surface area (Å²) < 4.78 is 0. The first-order chi connectivity index (χ1) is 7.18. The zero-order valence-corrected chi connectivity index (χ0v) is 10.7. The number of likely N-dealkylation sites (tertiary alicyclic amines) is 2. The molecule has 3 heterocycles. The van der Waals surface area contributed by atoms with Crippen LogP contribution in [0.25, 0.3) is 0 Å². The Hall–Kier alpha value is -0.120. The second kappa shape index (κ2) is 7.20. The Morgan fingerprint density at radius 1 is 0.467 bits per heavy atom. The average Bonchev–Trinajstić information content (AvgIpc) is 2.79. The molecule has 0 unspecified atom stereocenters. The zero-order chi connectivity index (χ0) is 11.1. The van der Waals surface area contributed by atoms with Gasteiger partial charge in [0.1, 0.15) is 0 Å². The average molecular weight is 213 g/mol. The number of rotatable bonds is 0. The fourth-order valence-corrected chi connectivity index (χ4v) is 1.45. The van der Waals surface area contributed by atoms with Crippen LogP contribution < -0.4 is 0 Å². The molecule has 3 aliphatic heterocycles. The van der Waals surface area contributed by atoms with Crippen molar-refractivity contribution in [1.82, 2.24) is 14.7 Å². The fraction of sp³-hybridized carbons (Fsp3) is 1.00. The van der Waals surface area contributed by atoms with Crippen molar-refractivity contribution in [3.05, 3.63) is 0 Å². The van der Waals surface area contributed by atoms with E-state index in [1.807, 2.05) is 0 Å². The van der Waals surface area contributed by atoms with Crippen LogP contribution in [0, 0.1) is 0 Å². The maximum absolute atomic E-state index is 2.36. The molecule has 0 N–H and O–H groups in total. The predicted molar refractivity (Wildman–Crippen MR) is 66.3 cm³/mol. The van der Waals surface area contributed by atoms with Gasteiger partial charge >= 0.3 is 0 Å². The van der Waals surface area contributed by atoms with E-state index in [9.17, 15) is 0 Å². The van der Waals surface area contributed by atoms with Crippen molar-refractivity contribution in [1.29, 1.82) is 0 Å². The van der Waals surface area contributed by atoms with E-state index < -0.39 is 0 Å². The predicted octanol–water partition coefficient (Wildman–Crippen LogP) is 0.966. The maximum atomic E-state index is 2.36. The van der Waals surface area contributed by atoms with Crippen LogP contribution in [0.3, 0.4) is 0 Å². The normalized spacial score (nSPS) is 25.8. The van der Waals surface area contributed by atoms with Crippen molar-refractivity contribution < 1.29 is 0 Å². The first-order valence-electron chi connectivity index (χ1n) is 6.24. The second-order valence-corrected chi connectivity index (χ2v) is 4.97. The molecular formula is C12H27N3. The van der Waals surface area contributed by atoms with Gasteiger partial charge in [0.15, 0.2) is 0 Å². The highest BCUT2D eigenvalue weighted by atomic mass is 15.2. The van der Waals surface area contributed by atoms with Crippen molar-refractivity contribution in [2.45, 2.75) is 19.3 Å². The molecule has 0 radical (unpaired) electrons. The molecule has 0 aliphatic carbocycles. The summed E-state index contributed by atoms with van der Waals surface area (Å²) in [4.78, 5) is 6.92. The van der Waals surface area contributed by atoms with Crippen LogP contribution in [0.2, 0.25) is 0 Å². The molecule has 3 saturated heterocycles. The monoisotopic (exact) mass is 213 g/mol. The summed E-state index contributed by atoms with van der Waals surface area (Å²) in [7, 11) is 6.43. The molecule has 90 valence electrons. The molecule has 0 atom stereocenters. The van der Waals surface area contributed by atoms with Crippen molar-refractivity contribution in [2.24, 2.45) is 0 Å². The van der Waals surface area contributed by atoms with Gasteiger partial charge in [-0.05, 0) is 66.6 Å². The van der Waals surface area contributed by atoms with Gasteiger partial charge in [0.25, 0.3) is 0 Å². The largest absolute Gasteiger partial charge is 0.306 e. The molecule has 0 aromatic heterocycles. The lowest BCUT2D eigenvalue weighted by Gasteiger charge is -2.24. The molecule has 15 heavy (non-hydrogen) atoms. The second-order valence-electron chi connectivity index (χ2n) is 4.97. The van der Waals surface area contributed by atoms with Crippen LogP contribution in [-0.4, -0.2) is 75.1 Å². The third-order valence-electron chi connectivity index (χ3n) is 3.08. The lowest BCUT2D eigenvalue weighted by Crippen LogP contribution is -2.32. The van der Waals surface area contributed by atoms with E-state index in [1.54, 1.807) is 0 Å². The van der Waals surface area contributed by atoms with Gasteiger partial charge in [-0.2, -0.15) is 0 Å². The molecule has 3 heteroatoms. The Kier molecular flexibility index (Phi) is 6.22. The summed E-state index contributed by atoms with van der Waals surface area (Å²) in [5.74, 6) is 0. The third-order valence-corrected chi connectivity index (χ3v) is 3.08. The van der Waals surface area contributed by atoms with E-state index in [0.717, 1.165) is 0 Å². The molecule has 3 fully saturated rings. The molecule has 3 rings (SSSR count). The van der Waals surface area contributed by atoms with Crippen LogP contribution >= 0.6 is 0 Å². The smallest absolute Gasteiger partial charge is 0.0107 e. The van der Waals surface area contributed by atoms with Crippen LogP contribution in [-0.2, 0) is 0 Å². The number of likely N-dealkylation sites (N-methyl/N-ethyl adjacent to an activating group) is 1. The van der Waals surface area contributed by atoms with E-state index in [0.29, 0.717) is 0 Å². The van der Waals surface area contributed by atoms with Gasteiger partial charge in [-0.15, -0.1) is 0 Å². The Morgan fingerprint density at radius 2 is 0.733 bits per heavy atom. The number of nitrogens with zero attached hydrogens (tertiary/aromatic N) is 3. The van der Waals surface area contributed by atoms with Gasteiger partial charge in [0.05, 0.1) is 0 Å². The van der Waals surface area contributed by atoms with Crippen molar-refractivity contribution in [3.63, 3.8) is 0 Å². The molecule has 3 aliphatic rings. The quantitative estimate of drug-likeness (QED) is 0.555. The van der Waals surface area contributed by atoms with Gasteiger partial charge in [-0.25, -0.2) is 0 Å². The number of hydrogen-bond donors (Lipinski definition) is 0. The van der Waals surface area contributed by atoms with Crippen molar-refractivity contribution >= 4 is 0 Å². The van der Waals surface area contributed by atoms with E-state index in [2.05, 4.69) is 35.8 Å². The van der Waals surface area contributed by atoms with E-state index in [1.165, 1.54) is 58.5 Å². The summed E-state index contributed by atoms with van der Waals surface area (Å²) >= 11 is 0. The lowest BCUT2D eigenvalue weighted by atomic mass is 10.3. The summed E-state index contributed by atoms with van der Waals surface area (Å²) in [6, 6.07) is 0. The van der Waals surface area contributed by atoms with E-state index in [-0.39, 0.29) is 0 Å². The highest BCUT2D eigenvalue weighted by Gasteiger charge is 2.07. The summed E-state index contributed by atoms with van der Waals surface area (Å²) in [6.45, 7) is 7.92. The molecule has 0 aromatic carbocycles. The van der Waals surface area contributed by atoms with Gasteiger partial charge in [0.2, 0.25) is 0 Å². The van der Waals surface area contributed by atoms with Gasteiger partial charge in [-0.3, -0.25) is 0 Å². The summed E-state index contributed by atoms with van der Waals surface area (Å²) in [6.07, 6.45) is 4.24. The lowest BCUT2D eigenvalue weighted by molar-refractivity contribution is 0.229. The topological polar surface area (TPSA) is 9.49 Å². The minimum atomic E-state index is 1.32. The standard InChI is InChI=1S/C5H11N.C4H9N.C3H7N/c1-6-4-2-3-5-6;1-5-3-2-4-5;1-4-2-3-4/h2-5H2,1H3;2-4H2,1H3;2-3H2,1H3. The number of hydrogen-bond acceptors (Lipinski definition) is 3. The molecule has 0 saturated carbocycles. The molecule has 3 nitrogen and oxygen atoms in total. The fourth-order valence-electron chi connectivity index (χ4n) is 1.45. The Balaban J connectivity index is 0.000000115. The molecular weight excluding hydrogens is 186 g/mol. The zero-order valence-electron chi connectivity index (χ0n) is 10.7. The summed E-state index contributed by atoms with van der Waals surface area (Å²) in [5.41, 5.74) is 0. The SMILES string of the molecule is CN1CC1.CN1CCC1.CN1CCCC1. The first-order valence-corrected chi connectivity index (χ1v) is 6.24. The maximum Gasteiger partial charge on any atom is 0.0107 e. The van der Waals surface area contributed by atoms with Crippen LogP contribution in [0.1, 0.15) is 19.3 Å². The van der Waals surface area contributed by atoms with Crippen LogP contribution in [0.5, 0.6) is 0 Å². The molecule has 0 spiro atoms. The van der Waals surface area contributed by atoms with E-state index in [4.69, 9.17) is 0 Å². The Labute approximate surface area is 95.0 Å². The third kappa shape index (κ3) is 7.77. The van der Waals surface area contributed by atoms with Crippen LogP contribution in [0.4, 0.5) is 0 Å². The minimum Gasteiger partial charge on any atom is -0.306 e. The van der Waals surface area contributed by atoms with Crippen molar-refractivity contribution in [2.75, 3.05) is 60.4 Å². The molecule has 0 aromatic rings. The summed E-state index contributed by atoms with van der Waals surface area (Å²) in [5, 5.41) is 0. The first kappa shape index (κ1) is 12.9. The Morgan fingerprint density at radius 3 is 0.800 bits per heavy atom. The minimum absolute atomic E-state index is 1.32. The van der Waals surface area contributed by atoms with Crippen LogP contribution in [0.15, 0.2) is 0 Å². The highest BCUT2D eigenvalue weighted by Crippen LogP contribution is 2.02. The van der Waals surface area contributed by atoms with Gasteiger partial charge < -0.3 is 14.7 Å². The molecule has 0 amide bonds.